The first kappa shape index (κ1) is 30.1. The molecule has 0 aliphatic carbocycles. The summed E-state index contributed by atoms with van der Waals surface area (Å²) in [7, 11) is 0. The van der Waals surface area contributed by atoms with Crippen molar-refractivity contribution in [3.63, 3.8) is 0 Å². The van der Waals surface area contributed by atoms with E-state index in [9.17, 15) is 28.3 Å². The van der Waals surface area contributed by atoms with Gasteiger partial charge in [0.2, 0.25) is 11.8 Å². The lowest BCUT2D eigenvalue weighted by molar-refractivity contribution is -0.150. The van der Waals surface area contributed by atoms with Crippen LogP contribution in [0, 0.1) is 0 Å². The Labute approximate surface area is 234 Å². The standard InChI is InChI=1S/C28H41F2N5O5/c1-6-8-28(29,30)23-9-22-21(10-31-23)27(4,5)17-35(22)24(36)15-32-11-18(3)34(26(38)39)13-19(32)12-33-14-20(7-2)40-16-25(33)37/h9-10,18-20H,6-8,11-17H2,1-5H3,(H,38,39)/t18-,19+,20?/m1/s1. The molecular weight excluding hydrogens is 524 g/mol. The van der Waals surface area contributed by atoms with E-state index in [0.29, 0.717) is 31.7 Å². The molecule has 1 N–H and O–H groups in total. The summed E-state index contributed by atoms with van der Waals surface area (Å²) in [4.78, 5) is 49.0. The molecule has 0 saturated carbocycles. The van der Waals surface area contributed by atoms with Crippen molar-refractivity contribution in [1.29, 1.82) is 0 Å². The van der Waals surface area contributed by atoms with E-state index in [2.05, 4.69) is 4.98 Å². The Hall–Kier alpha value is -2.86. The van der Waals surface area contributed by atoms with Gasteiger partial charge < -0.3 is 24.5 Å². The third-order valence-electron chi connectivity index (χ3n) is 8.34. The molecule has 0 spiro atoms. The number of amides is 3. The second kappa shape index (κ2) is 11.6. The molecule has 2 saturated heterocycles. The number of carbonyl (C=O) groups excluding carboxylic acids is 2. The molecule has 3 aliphatic rings. The van der Waals surface area contributed by atoms with Crippen molar-refractivity contribution in [2.24, 2.45) is 0 Å². The molecule has 4 heterocycles. The smallest absolute Gasteiger partial charge is 0.407 e. The summed E-state index contributed by atoms with van der Waals surface area (Å²) in [5.41, 5.74) is 0.364. The van der Waals surface area contributed by atoms with E-state index in [1.54, 1.807) is 23.6 Å². The highest BCUT2D eigenvalue weighted by atomic mass is 19.3. The van der Waals surface area contributed by atoms with Crippen molar-refractivity contribution in [2.45, 2.75) is 83.4 Å². The van der Waals surface area contributed by atoms with Crippen LogP contribution in [0.25, 0.3) is 0 Å². The lowest BCUT2D eigenvalue weighted by atomic mass is 9.88. The van der Waals surface area contributed by atoms with Gasteiger partial charge in [-0.2, -0.15) is 8.78 Å². The van der Waals surface area contributed by atoms with E-state index in [1.165, 1.54) is 17.2 Å². The van der Waals surface area contributed by atoms with Crippen molar-refractivity contribution in [3.8, 4) is 0 Å². The maximum Gasteiger partial charge on any atom is 0.407 e. The molecule has 0 radical (unpaired) electrons. The Morgan fingerprint density at radius 3 is 2.60 bits per heavy atom. The number of nitrogens with zero attached hydrogens (tertiary/aromatic N) is 5. The number of alkyl halides is 2. The van der Waals surface area contributed by atoms with Gasteiger partial charge in [0, 0.05) is 68.4 Å². The van der Waals surface area contributed by atoms with E-state index in [1.807, 2.05) is 25.7 Å². The van der Waals surface area contributed by atoms with Crippen molar-refractivity contribution in [3.05, 3.63) is 23.5 Å². The highest BCUT2D eigenvalue weighted by Gasteiger charge is 2.43. The number of anilines is 1. The molecular formula is C28H41F2N5O5. The molecule has 1 aromatic heterocycles. The predicted molar refractivity (Wildman–Crippen MR) is 145 cm³/mol. The Kier molecular flexibility index (Phi) is 8.70. The average Bonchev–Trinajstić information content (AvgIpc) is 3.16. The first-order valence-electron chi connectivity index (χ1n) is 14.1. The van der Waals surface area contributed by atoms with Gasteiger partial charge in [-0.3, -0.25) is 19.5 Å². The minimum absolute atomic E-state index is 0.0259. The van der Waals surface area contributed by atoms with Crippen LogP contribution in [0.1, 0.15) is 65.1 Å². The predicted octanol–water partition coefficient (Wildman–Crippen LogP) is 3.29. The summed E-state index contributed by atoms with van der Waals surface area (Å²) in [6.45, 7) is 10.7. The normalized spacial score (nSPS) is 25.3. The quantitative estimate of drug-likeness (QED) is 0.516. The number of hydrogen-bond donors (Lipinski definition) is 1. The van der Waals surface area contributed by atoms with Crippen molar-refractivity contribution in [1.82, 2.24) is 19.7 Å². The molecule has 3 atom stereocenters. The summed E-state index contributed by atoms with van der Waals surface area (Å²) in [5.74, 6) is -3.52. The van der Waals surface area contributed by atoms with Crippen molar-refractivity contribution < 1.29 is 33.0 Å². The van der Waals surface area contributed by atoms with Crippen LogP contribution in [-0.4, -0.2) is 107 Å². The van der Waals surface area contributed by atoms with Gasteiger partial charge in [-0.05, 0) is 19.4 Å². The van der Waals surface area contributed by atoms with Gasteiger partial charge in [0.1, 0.15) is 12.3 Å². The zero-order valence-corrected chi connectivity index (χ0v) is 24.0. The number of carbonyl (C=O) groups is 3. The van der Waals surface area contributed by atoms with Crippen molar-refractivity contribution >= 4 is 23.6 Å². The number of carboxylic acid groups (broad SMARTS) is 1. The van der Waals surface area contributed by atoms with Crippen LogP contribution < -0.4 is 4.90 Å². The van der Waals surface area contributed by atoms with Gasteiger partial charge in [-0.1, -0.05) is 34.1 Å². The monoisotopic (exact) mass is 565 g/mol. The van der Waals surface area contributed by atoms with Crippen LogP contribution in [0.5, 0.6) is 0 Å². The van der Waals surface area contributed by atoms with E-state index in [0.717, 1.165) is 12.0 Å². The molecule has 40 heavy (non-hydrogen) atoms. The first-order valence-corrected chi connectivity index (χ1v) is 14.1. The van der Waals surface area contributed by atoms with Crippen LogP contribution in [0.15, 0.2) is 12.3 Å². The topological polar surface area (TPSA) is 107 Å². The minimum Gasteiger partial charge on any atom is -0.465 e. The fourth-order valence-corrected chi connectivity index (χ4v) is 5.98. The molecule has 3 aliphatic heterocycles. The fraction of sp³-hybridized carbons (Fsp3) is 0.714. The Bertz CT molecular complexity index is 1130. The first-order chi connectivity index (χ1) is 18.8. The number of hydrogen-bond acceptors (Lipinski definition) is 6. The van der Waals surface area contributed by atoms with Crippen molar-refractivity contribution in [2.75, 3.05) is 50.8 Å². The molecule has 2 fully saturated rings. The summed E-state index contributed by atoms with van der Waals surface area (Å²) in [6.07, 6.45) is 1.03. The maximum absolute atomic E-state index is 14.8. The van der Waals surface area contributed by atoms with Gasteiger partial charge >= 0.3 is 6.09 Å². The molecule has 3 amide bonds. The number of pyridine rings is 1. The van der Waals surface area contributed by atoms with E-state index < -0.39 is 23.5 Å². The number of morpholine rings is 1. The molecule has 1 aromatic rings. The van der Waals surface area contributed by atoms with Crippen LogP contribution in [0.2, 0.25) is 0 Å². The summed E-state index contributed by atoms with van der Waals surface area (Å²) in [5, 5.41) is 9.77. The summed E-state index contributed by atoms with van der Waals surface area (Å²) >= 11 is 0. The van der Waals surface area contributed by atoms with Gasteiger partial charge in [0.15, 0.2) is 0 Å². The number of ether oxygens (including phenoxy) is 1. The number of rotatable bonds is 8. The number of aromatic nitrogens is 1. The van der Waals surface area contributed by atoms with E-state index in [-0.39, 0.29) is 62.3 Å². The highest BCUT2D eigenvalue weighted by Crippen LogP contribution is 2.43. The van der Waals surface area contributed by atoms with Gasteiger partial charge in [-0.25, -0.2) is 4.79 Å². The molecule has 4 rings (SSSR count). The van der Waals surface area contributed by atoms with E-state index >= 15 is 0 Å². The largest absolute Gasteiger partial charge is 0.465 e. The number of fused-ring (bicyclic) bond motifs is 1. The van der Waals surface area contributed by atoms with Crippen LogP contribution >= 0.6 is 0 Å². The number of halogens is 2. The molecule has 1 unspecified atom stereocenters. The summed E-state index contributed by atoms with van der Waals surface area (Å²) < 4.78 is 35.1. The molecule has 222 valence electrons. The van der Waals surface area contributed by atoms with Crippen LogP contribution in [0.4, 0.5) is 19.3 Å². The number of piperazine rings is 1. The zero-order valence-electron chi connectivity index (χ0n) is 24.0. The Balaban J connectivity index is 1.58. The van der Waals surface area contributed by atoms with Gasteiger partial charge in [0.05, 0.1) is 18.3 Å². The lowest BCUT2D eigenvalue weighted by Crippen LogP contribution is -2.64. The van der Waals surface area contributed by atoms with Crippen LogP contribution in [0.3, 0.4) is 0 Å². The van der Waals surface area contributed by atoms with Gasteiger partial charge in [0.25, 0.3) is 5.92 Å². The Morgan fingerprint density at radius 2 is 1.95 bits per heavy atom. The maximum atomic E-state index is 14.8. The second-order valence-electron chi connectivity index (χ2n) is 11.9. The molecule has 12 heteroatoms. The second-order valence-corrected chi connectivity index (χ2v) is 11.9. The minimum atomic E-state index is -3.10. The lowest BCUT2D eigenvalue weighted by Gasteiger charge is -2.46. The molecule has 10 nitrogen and oxygen atoms in total. The fourth-order valence-electron chi connectivity index (χ4n) is 5.98. The zero-order chi connectivity index (χ0) is 29.4. The summed E-state index contributed by atoms with van der Waals surface area (Å²) in [6, 6.07) is 0.571. The molecule has 0 aromatic carbocycles. The highest BCUT2D eigenvalue weighted by molar-refractivity contribution is 5.97. The van der Waals surface area contributed by atoms with Crippen LogP contribution in [-0.2, 0) is 25.7 Å². The average molecular weight is 566 g/mol. The van der Waals surface area contributed by atoms with Gasteiger partial charge in [-0.15, -0.1) is 0 Å². The third-order valence-corrected chi connectivity index (χ3v) is 8.34. The Morgan fingerprint density at radius 1 is 1.23 bits per heavy atom. The SMILES string of the molecule is CCCC(F)(F)c1cc2c(cn1)C(C)(C)CN2C(=O)CN1C[C@@H](C)N(C(=O)O)C[C@@H]1CN1CC(CC)OCC1=O. The van der Waals surface area contributed by atoms with E-state index in [4.69, 9.17) is 4.74 Å². The molecule has 0 bridgehead atoms. The third kappa shape index (κ3) is 6.07.